The summed E-state index contributed by atoms with van der Waals surface area (Å²) in [6.07, 6.45) is 6.31. The highest BCUT2D eigenvalue weighted by Crippen LogP contribution is 2.43. The summed E-state index contributed by atoms with van der Waals surface area (Å²) in [5.74, 6) is 0.607. The molecule has 24 heavy (non-hydrogen) atoms. The maximum absolute atomic E-state index is 6.12. The standard InChI is InChI=1S/C19H30N4.HI/c1-2-23-13-6-10-17(23)14-21-18(20)22-15-19(11-7-12-19)16-8-4-3-5-9-16;/h3-5,8-9,17H,2,6-7,10-15H2,1H3,(H3,20,21,22);1H. The lowest BCUT2D eigenvalue weighted by Gasteiger charge is -2.41. The van der Waals surface area contributed by atoms with Gasteiger partial charge in [-0.2, -0.15) is 0 Å². The highest BCUT2D eigenvalue weighted by atomic mass is 127. The summed E-state index contributed by atoms with van der Waals surface area (Å²) in [6.45, 7) is 6.30. The normalized spacial score (nSPS) is 23.4. The Hall–Kier alpha value is -0.820. The van der Waals surface area contributed by atoms with Crippen molar-refractivity contribution in [2.75, 3.05) is 26.2 Å². The Balaban J connectivity index is 0.00000208. The van der Waals surface area contributed by atoms with Crippen molar-refractivity contribution in [3.63, 3.8) is 0 Å². The van der Waals surface area contributed by atoms with Crippen LogP contribution in [0.5, 0.6) is 0 Å². The molecule has 0 aromatic heterocycles. The van der Waals surface area contributed by atoms with Gasteiger partial charge < -0.3 is 11.1 Å². The van der Waals surface area contributed by atoms with E-state index in [4.69, 9.17) is 5.73 Å². The number of benzene rings is 1. The van der Waals surface area contributed by atoms with Gasteiger partial charge in [0.1, 0.15) is 0 Å². The summed E-state index contributed by atoms with van der Waals surface area (Å²) >= 11 is 0. The first kappa shape index (κ1) is 19.5. The largest absolute Gasteiger partial charge is 0.370 e. The minimum absolute atomic E-state index is 0. The number of aliphatic imine (C=N–C) groups is 1. The van der Waals surface area contributed by atoms with Gasteiger partial charge in [-0.1, -0.05) is 43.7 Å². The summed E-state index contributed by atoms with van der Waals surface area (Å²) < 4.78 is 0. The van der Waals surface area contributed by atoms with Crippen molar-refractivity contribution in [1.29, 1.82) is 0 Å². The average molecular weight is 442 g/mol. The van der Waals surface area contributed by atoms with Crippen LogP contribution >= 0.6 is 24.0 Å². The Kier molecular flexibility index (Phi) is 7.34. The molecule has 134 valence electrons. The van der Waals surface area contributed by atoms with E-state index in [9.17, 15) is 0 Å². The number of halogens is 1. The Morgan fingerprint density at radius 2 is 2.04 bits per heavy atom. The molecule has 3 N–H and O–H groups in total. The highest BCUT2D eigenvalue weighted by molar-refractivity contribution is 14.0. The fraction of sp³-hybridized carbons (Fsp3) is 0.632. The number of likely N-dealkylation sites (N-methyl/N-ethyl adjacent to an activating group) is 1. The van der Waals surface area contributed by atoms with Gasteiger partial charge in [0.05, 0.1) is 6.54 Å². The van der Waals surface area contributed by atoms with E-state index in [1.54, 1.807) is 0 Å². The zero-order valence-electron chi connectivity index (χ0n) is 14.7. The van der Waals surface area contributed by atoms with Gasteiger partial charge in [0.25, 0.3) is 0 Å². The van der Waals surface area contributed by atoms with Crippen LogP contribution in [0, 0.1) is 0 Å². The molecule has 1 aromatic rings. The lowest BCUT2D eigenvalue weighted by Crippen LogP contribution is -2.44. The number of hydrogen-bond acceptors (Lipinski definition) is 2. The van der Waals surface area contributed by atoms with Gasteiger partial charge in [0.15, 0.2) is 5.96 Å². The molecule has 0 bridgehead atoms. The van der Waals surface area contributed by atoms with Gasteiger partial charge >= 0.3 is 0 Å². The minimum atomic E-state index is 0. The molecule has 4 nitrogen and oxygen atoms in total. The van der Waals surface area contributed by atoms with Crippen molar-refractivity contribution in [3.05, 3.63) is 35.9 Å². The van der Waals surface area contributed by atoms with Crippen LogP contribution in [0.2, 0.25) is 0 Å². The summed E-state index contributed by atoms with van der Waals surface area (Å²) in [5.41, 5.74) is 7.75. The smallest absolute Gasteiger partial charge is 0.188 e. The third-order valence-electron chi connectivity index (χ3n) is 5.67. The zero-order chi connectivity index (χ0) is 16.1. The number of nitrogens with two attached hydrogens (primary N) is 1. The van der Waals surface area contributed by atoms with Gasteiger partial charge in [-0.3, -0.25) is 9.89 Å². The monoisotopic (exact) mass is 442 g/mol. The van der Waals surface area contributed by atoms with Crippen molar-refractivity contribution in [2.24, 2.45) is 10.7 Å². The zero-order valence-corrected chi connectivity index (χ0v) is 17.0. The summed E-state index contributed by atoms with van der Waals surface area (Å²) in [7, 11) is 0. The van der Waals surface area contributed by atoms with E-state index in [1.165, 1.54) is 44.2 Å². The molecule has 2 aliphatic rings. The van der Waals surface area contributed by atoms with Crippen molar-refractivity contribution in [2.45, 2.75) is 50.5 Å². The molecule has 5 heteroatoms. The molecule has 1 saturated carbocycles. The second-order valence-corrected chi connectivity index (χ2v) is 7.01. The number of hydrogen-bond donors (Lipinski definition) is 2. The number of guanidine groups is 1. The third-order valence-corrected chi connectivity index (χ3v) is 5.67. The fourth-order valence-corrected chi connectivity index (χ4v) is 3.99. The van der Waals surface area contributed by atoms with Crippen LogP contribution in [-0.2, 0) is 5.41 Å². The first-order valence-electron chi connectivity index (χ1n) is 9.07. The first-order valence-corrected chi connectivity index (χ1v) is 9.07. The molecule has 0 amide bonds. The van der Waals surface area contributed by atoms with E-state index >= 15 is 0 Å². The van der Waals surface area contributed by atoms with Crippen LogP contribution in [-0.4, -0.2) is 43.1 Å². The third kappa shape index (κ3) is 4.42. The van der Waals surface area contributed by atoms with Crippen LogP contribution in [0.25, 0.3) is 0 Å². The molecule has 1 aliphatic carbocycles. The summed E-state index contributed by atoms with van der Waals surface area (Å²) in [5, 5.41) is 3.35. The number of likely N-dealkylation sites (tertiary alicyclic amines) is 1. The van der Waals surface area contributed by atoms with Gasteiger partial charge in [0, 0.05) is 18.0 Å². The number of nitrogens with zero attached hydrogens (tertiary/aromatic N) is 2. The molecule has 1 saturated heterocycles. The molecule has 1 unspecified atom stereocenters. The van der Waals surface area contributed by atoms with Gasteiger partial charge in [0.2, 0.25) is 0 Å². The van der Waals surface area contributed by atoms with E-state index in [0.29, 0.717) is 12.0 Å². The van der Waals surface area contributed by atoms with Crippen LogP contribution in [0.4, 0.5) is 0 Å². The molecular weight excluding hydrogens is 411 g/mol. The van der Waals surface area contributed by atoms with E-state index < -0.39 is 0 Å². The lowest BCUT2D eigenvalue weighted by molar-refractivity contribution is 0.253. The average Bonchev–Trinajstić information content (AvgIpc) is 3.00. The van der Waals surface area contributed by atoms with Crippen LogP contribution in [0.3, 0.4) is 0 Å². The van der Waals surface area contributed by atoms with E-state index in [0.717, 1.165) is 19.6 Å². The Bertz CT molecular complexity index is 527. The van der Waals surface area contributed by atoms with Crippen molar-refractivity contribution >= 4 is 29.9 Å². The molecule has 1 heterocycles. The molecule has 1 aliphatic heterocycles. The topological polar surface area (TPSA) is 53.6 Å². The molecule has 2 fully saturated rings. The molecule has 1 aromatic carbocycles. The maximum Gasteiger partial charge on any atom is 0.188 e. The van der Waals surface area contributed by atoms with Gasteiger partial charge in [-0.25, -0.2) is 0 Å². The maximum atomic E-state index is 6.12. The highest BCUT2D eigenvalue weighted by Gasteiger charge is 2.38. The molecule has 3 rings (SSSR count). The van der Waals surface area contributed by atoms with Crippen molar-refractivity contribution < 1.29 is 0 Å². The van der Waals surface area contributed by atoms with E-state index in [-0.39, 0.29) is 29.4 Å². The molecule has 0 radical (unpaired) electrons. The Morgan fingerprint density at radius 1 is 1.29 bits per heavy atom. The van der Waals surface area contributed by atoms with Crippen LogP contribution < -0.4 is 11.1 Å². The molecule has 0 spiro atoms. The summed E-state index contributed by atoms with van der Waals surface area (Å²) in [4.78, 5) is 7.20. The van der Waals surface area contributed by atoms with Crippen molar-refractivity contribution in [3.8, 4) is 0 Å². The SMILES string of the molecule is CCN1CCCC1CNC(N)=NCC1(c2ccccc2)CCC1.I. The molecule has 1 atom stereocenters. The first-order chi connectivity index (χ1) is 11.2. The number of rotatable bonds is 6. The van der Waals surface area contributed by atoms with Gasteiger partial charge in [-0.05, 0) is 44.3 Å². The minimum Gasteiger partial charge on any atom is -0.370 e. The Labute approximate surface area is 163 Å². The van der Waals surface area contributed by atoms with Gasteiger partial charge in [-0.15, -0.1) is 24.0 Å². The number of nitrogens with one attached hydrogen (secondary N) is 1. The second kappa shape index (κ2) is 9.04. The Morgan fingerprint density at radius 3 is 2.67 bits per heavy atom. The predicted octanol–water partition coefficient (Wildman–Crippen LogP) is 3.11. The molecular formula is C19H31IN4. The van der Waals surface area contributed by atoms with Crippen LogP contribution in [0.1, 0.15) is 44.6 Å². The second-order valence-electron chi connectivity index (χ2n) is 7.01. The van der Waals surface area contributed by atoms with Crippen molar-refractivity contribution in [1.82, 2.24) is 10.2 Å². The van der Waals surface area contributed by atoms with Crippen LogP contribution in [0.15, 0.2) is 35.3 Å². The van der Waals surface area contributed by atoms with E-state index in [2.05, 4.69) is 52.5 Å². The lowest BCUT2D eigenvalue weighted by atomic mass is 9.64. The predicted molar refractivity (Wildman–Crippen MR) is 112 cm³/mol. The quantitative estimate of drug-likeness (QED) is 0.405. The fourth-order valence-electron chi connectivity index (χ4n) is 3.99. The summed E-state index contributed by atoms with van der Waals surface area (Å²) in [6, 6.07) is 11.4. The van der Waals surface area contributed by atoms with E-state index in [1.807, 2.05) is 0 Å².